The Hall–Kier alpha value is -1.64. The van der Waals surface area contributed by atoms with Gasteiger partial charge in [-0.1, -0.05) is 38.8 Å². The molecule has 0 N–H and O–H groups in total. The van der Waals surface area contributed by atoms with Crippen molar-refractivity contribution in [3.05, 3.63) is 35.4 Å². The van der Waals surface area contributed by atoms with E-state index in [0.29, 0.717) is 17.7 Å². The standard InChI is InChI=1S/C17H24O3/c1-4-7-8-13(5-2)16(18)14-9-11-15(12-10-14)17(19)20-6-3/h9-13H,4-8H2,1-3H3. The Morgan fingerprint density at radius 3 is 2.15 bits per heavy atom. The molecular formula is C17H24O3. The Labute approximate surface area is 121 Å². The molecule has 0 amide bonds. The number of unbranched alkanes of at least 4 members (excludes halogenated alkanes) is 1. The van der Waals surface area contributed by atoms with Gasteiger partial charge in [0.2, 0.25) is 0 Å². The summed E-state index contributed by atoms with van der Waals surface area (Å²) in [4.78, 5) is 23.9. The number of Topliss-reactive ketones (excluding diaryl/α,β-unsaturated/α-hetero) is 1. The molecule has 1 rings (SSSR count). The molecule has 0 aromatic heterocycles. The zero-order valence-corrected chi connectivity index (χ0v) is 12.6. The first-order valence-electron chi connectivity index (χ1n) is 7.45. The summed E-state index contributed by atoms with van der Waals surface area (Å²) < 4.78 is 4.93. The van der Waals surface area contributed by atoms with Crippen molar-refractivity contribution in [2.24, 2.45) is 5.92 Å². The lowest BCUT2D eigenvalue weighted by molar-refractivity contribution is 0.0526. The quantitative estimate of drug-likeness (QED) is 0.526. The summed E-state index contributed by atoms with van der Waals surface area (Å²) in [7, 11) is 0. The second-order valence-electron chi connectivity index (χ2n) is 4.91. The molecule has 20 heavy (non-hydrogen) atoms. The van der Waals surface area contributed by atoms with Gasteiger partial charge in [0.05, 0.1) is 12.2 Å². The molecule has 110 valence electrons. The van der Waals surface area contributed by atoms with Crippen LogP contribution >= 0.6 is 0 Å². The summed E-state index contributed by atoms with van der Waals surface area (Å²) in [6.45, 7) is 6.31. The molecular weight excluding hydrogens is 252 g/mol. The highest BCUT2D eigenvalue weighted by Crippen LogP contribution is 2.19. The Bertz CT molecular complexity index is 434. The van der Waals surface area contributed by atoms with Crippen molar-refractivity contribution in [2.75, 3.05) is 6.61 Å². The van der Waals surface area contributed by atoms with E-state index in [9.17, 15) is 9.59 Å². The lowest BCUT2D eigenvalue weighted by Gasteiger charge is -2.13. The van der Waals surface area contributed by atoms with Crippen LogP contribution in [0.4, 0.5) is 0 Å². The maximum absolute atomic E-state index is 12.4. The van der Waals surface area contributed by atoms with E-state index in [2.05, 4.69) is 6.92 Å². The summed E-state index contributed by atoms with van der Waals surface area (Å²) in [5, 5.41) is 0. The van der Waals surface area contributed by atoms with Crippen molar-refractivity contribution < 1.29 is 14.3 Å². The summed E-state index contributed by atoms with van der Waals surface area (Å²) in [5.74, 6) is -0.0794. The van der Waals surface area contributed by atoms with Crippen molar-refractivity contribution in [3.8, 4) is 0 Å². The summed E-state index contributed by atoms with van der Waals surface area (Å²) in [6, 6.07) is 6.78. The van der Waals surface area contributed by atoms with E-state index in [1.54, 1.807) is 31.2 Å². The molecule has 0 aliphatic heterocycles. The number of rotatable bonds is 8. The third-order valence-corrected chi connectivity index (χ3v) is 3.45. The number of ketones is 1. The van der Waals surface area contributed by atoms with E-state index >= 15 is 0 Å². The first kappa shape index (κ1) is 16.4. The topological polar surface area (TPSA) is 43.4 Å². The number of carbonyl (C=O) groups excluding carboxylic acids is 2. The zero-order chi connectivity index (χ0) is 15.0. The largest absolute Gasteiger partial charge is 0.462 e. The lowest BCUT2D eigenvalue weighted by Crippen LogP contribution is -2.14. The van der Waals surface area contributed by atoms with E-state index < -0.39 is 0 Å². The SMILES string of the molecule is CCCCC(CC)C(=O)c1ccc(C(=O)OCC)cc1. The number of benzene rings is 1. The van der Waals surface area contributed by atoms with Gasteiger partial charge in [0.1, 0.15) is 0 Å². The minimum absolute atomic E-state index is 0.0865. The van der Waals surface area contributed by atoms with Crippen molar-refractivity contribution in [2.45, 2.75) is 46.5 Å². The van der Waals surface area contributed by atoms with Crippen molar-refractivity contribution in [1.82, 2.24) is 0 Å². The second kappa shape index (κ2) is 8.51. The highest BCUT2D eigenvalue weighted by Gasteiger charge is 2.18. The van der Waals surface area contributed by atoms with Gasteiger partial charge in [-0.25, -0.2) is 4.79 Å². The highest BCUT2D eigenvalue weighted by atomic mass is 16.5. The van der Waals surface area contributed by atoms with Crippen LogP contribution in [0.25, 0.3) is 0 Å². The zero-order valence-electron chi connectivity index (χ0n) is 12.6. The van der Waals surface area contributed by atoms with Gasteiger partial charge >= 0.3 is 5.97 Å². The highest BCUT2D eigenvalue weighted by molar-refractivity contribution is 5.99. The Balaban J connectivity index is 2.76. The molecule has 3 heteroatoms. The van der Waals surface area contributed by atoms with Gasteiger partial charge in [0.15, 0.2) is 5.78 Å². The predicted molar refractivity (Wildman–Crippen MR) is 80.0 cm³/mol. The monoisotopic (exact) mass is 276 g/mol. The Morgan fingerprint density at radius 2 is 1.65 bits per heavy atom. The van der Waals surface area contributed by atoms with Crippen LogP contribution in [0.3, 0.4) is 0 Å². The van der Waals surface area contributed by atoms with Crippen LogP contribution < -0.4 is 0 Å². The van der Waals surface area contributed by atoms with E-state index in [0.717, 1.165) is 25.7 Å². The fourth-order valence-electron chi connectivity index (χ4n) is 2.19. The van der Waals surface area contributed by atoms with Gasteiger partial charge in [0, 0.05) is 11.5 Å². The van der Waals surface area contributed by atoms with Gasteiger partial charge in [-0.15, -0.1) is 0 Å². The van der Waals surface area contributed by atoms with Gasteiger partial charge < -0.3 is 4.74 Å². The van der Waals surface area contributed by atoms with Gasteiger partial charge in [-0.3, -0.25) is 4.79 Å². The van der Waals surface area contributed by atoms with Gasteiger partial charge in [0.25, 0.3) is 0 Å². The van der Waals surface area contributed by atoms with E-state index in [1.807, 2.05) is 6.92 Å². The second-order valence-corrected chi connectivity index (χ2v) is 4.91. The van der Waals surface area contributed by atoms with Crippen LogP contribution in [0.5, 0.6) is 0 Å². The van der Waals surface area contributed by atoms with Crippen LogP contribution in [-0.2, 0) is 4.74 Å². The molecule has 0 radical (unpaired) electrons. The Morgan fingerprint density at radius 1 is 1.05 bits per heavy atom. The molecule has 0 fully saturated rings. The summed E-state index contributed by atoms with van der Waals surface area (Å²) in [6.07, 6.45) is 3.97. The first-order valence-corrected chi connectivity index (χ1v) is 7.45. The average molecular weight is 276 g/mol. The van der Waals surface area contributed by atoms with Crippen molar-refractivity contribution in [3.63, 3.8) is 0 Å². The van der Waals surface area contributed by atoms with Gasteiger partial charge in [-0.05, 0) is 31.9 Å². The van der Waals surface area contributed by atoms with Crippen molar-refractivity contribution >= 4 is 11.8 Å². The third kappa shape index (κ3) is 4.48. The van der Waals surface area contributed by atoms with Gasteiger partial charge in [-0.2, -0.15) is 0 Å². The summed E-state index contributed by atoms with van der Waals surface area (Å²) >= 11 is 0. The van der Waals surface area contributed by atoms with Crippen LogP contribution in [-0.4, -0.2) is 18.4 Å². The molecule has 0 spiro atoms. The fourth-order valence-corrected chi connectivity index (χ4v) is 2.19. The average Bonchev–Trinajstić information content (AvgIpc) is 2.48. The molecule has 0 saturated carbocycles. The lowest BCUT2D eigenvalue weighted by atomic mass is 9.90. The maximum atomic E-state index is 12.4. The molecule has 0 aliphatic carbocycles. The molecule has 1 atom stereocenters. The molecule has 3 nitrogen and oxygen atoms in total. The normalized spacial score (nSPS) is 11.9. The molecule has 0 heterocycles. The minimum Gasteiger partial charge on any atom is -0.462 e. The fraction of sp³-hybridized carbons (Fsp3) is 0.529. The van der Waals surface area contributed by atoms with E-state index in [1.165, 1.54) is 0 Å². The molecule has 1 aromatic carbocycles. The molecule has 1 unspecified atom stereocenters. The third-order valence-electron chi connectivity index (χ3n) is 3.45. The minimum atomic E-state index is -0.343. The van der Waals surface area contributed by atoms with Crippen LogP contribution in [0, 0.1) is 5.92 Å². The first-order chi connectivity index (χ1) is 9.63. The van der Waals surface area contributed by atoms with E-state index in [4.69, 9.17) is 4.74 Å². The number of hydrogen-bond donors (Lipinski definition) is 0. The number of esters is 1. The maximum Gasteiger partial charge on any atom is 0.338 e. The van der Waals surface area contributed by atoms with Crippen LogP contribution in [0.2, 0.25) is 0 Å². The van der Waals surface area contributed by atoms with E-state index in [-0.39, 0.29) is 17.7 Å². The van der Waals surface area contributed by atoms with Crippen LogP contribution in [0.15, 0.2) is 24.3 Å². The molecule has 0 bridgehead atoms. The molecule has 0 aliphatic rings. The van der Waals surface area contributed by atoms with Crippen molar-refractivity contribution in [1.29, 1.82) is 0 Å². The number of ether oxygens (including phenoxy) is 1. The predicted octanol–water partition coefficient (Wildman–Crippen LogP) is 4.26. The molecule has 0 saturated heterocycles. The Kier molecular flexibility index (Phi) is 6.99. The smallest absolute Gasteiger partial charge is 0.338 e. The number of carbonyl (C=O) groups is 2. The summed E-state index contributed by atoms with van der Waals surface area (Å²) in [5.41, 5.74) is 1.17. The van der Waals surface area contributed by atoms with Crippen LogP contribution in [0.1, 0.15) is 67.2 Å². The number of hydrogen-bond acceptors (Lipinski definition) is 3. The molecule has 1 aromatic rings.